The first-order valence-corrected chi connectivity index (χ1v) is 13.7. The summed E-state index contributed by atoms with van der Waals surface area (Å²) < 4.78 is 5.86. The van der Waals surface area contributed by atoms with Gasteiger partial charge < -0.3 is 30.3 Å². The molecule has 4 amide bonds. The average Bonchev–Trinajstić information content (AvgIpc) is 3.22. The molecular weight excluding hydrogens is 500 g/mol. The van der Waals surface area contributed by atoms with Crippen LogP contribution < -0.4 is 15.4 Å². The molecule has 1 aliphatic heterocycles. The molecule has 1 fully saturated rings. The number of nitrogens with zero attached hydrogens (tertiary/aromatic N) is 2. The number of para-hydroxylation sites is 1. The van der Waals surface area contributed by atoms with E-state index in [4.69, 9.17) is 4.74 Å². The van der Waals surface area contributed by atoms with Crippen LogP contribution in [0.4, 0.5) is 0 Å². The third-order valence-corrected chi connectivity index (χ3v) is 6.58. The van der Waals surface area contributed by atoms with Crippen molar-refractivity contribution in [1.82, 2.24) is 20.4 Å². The highest BCUT2D eigenvalue weighted by molar-refractivity contribution is 6.00. The summed E-state index contributed by atoms with van der Waals surface area (Å²) in [7, 11) is 1.67. The maximum atomic E-state index is 13.7. The van der Waals surface area contributed by atoms with Gasteiger partial charge in [0, 0.05) is 31.6 Å². The van der Waals surface area contributed by atoms with Crippen LogP contribution >= 0.6 is 0 Å². The number of aliphatic hydroxyl groups is 1. The Morgan fingerprint density at radius 1 is 1.10 bits per heavy atom. The Hall–Kier alpha value is -3.14. The van der Waals surface area contributed by atoms with Crippen molar-refractivity contribution in [3.05, 3.63) is 29.8 Å². The number of carbonyl (C=O) groups is 4. The van der Waals surface area contributed by atoms with Crippen LogP contribution in [0.2, 0.25) is 0 Å². The van der Waals surface area contributed by atoms with Crippen molar-refractivity contribution in [3.8, 4) is 5.75 Å². The lowest BCUT2D eigenvalue weighted by atomic mass is 10.0. The summed E-state index contributed by atoms with van der Waals surface area (Å²) in [4.78, 5) is 55.8. The van der Waals surface area contributed by atoms with E-state index in [0.717, 1.165) is 0 Å². The van der Waals surface area contributed by atoms with Crippen molar-refractivity contribution >= 4 is 23.6 Å². The first kappa shape index (κ1) is 32.1. The number of hydrogen-bond donors (Lipinski definition) is 3. The van der Waals surface area contributed by atoms with E-state index >= 15 is 0 Å². The summed E-state index contributed by atoms with van der Waals surface area (Å²) in [6, 6.07) is 4.75. The molecule has 2 rings (SSSR count). The Balaban J connectivity index is 2.27. The molecule has 218 valence electrons. The van der Waals surface area contributed by atoms with Crippen LogP contribution in [0.25, 0.3) is 0 Å². The summed E-state index contributed by atoms with van der Waals surface area (Å²) in [5.74, 6) is -1.24. The molecule has 1 aromatic carbocycles. The molecule has 1 saturated heterocycles. The SMILES string of the molecule is CC(C)C[C@@H](NC(=O)c1ccccc1O[C@@H](C)C(=O)NC(C)(C)C)C(=O)N1C[C@@H](O)C[C@@H]1C(=O)N(C)C(C)C. The van der Waals surface area contributed by atoms with Crippen LogP contribution in [0.3, 0.4) is 0 Å². The fraction of sp³-hybridized carbons (Fsp3) is 0.655. The predicted octanol–water partition coefficient (Wildman–Crippen LogP) is 2.34. The number of rotatable bonds is 10. The second kappa shape index (κ2) is 13.3. The van der Waals surface area contributed by atoms with Gasteiger partial charge in [-0.2, -0.15) is 0 Å². The van der Waals surface area contributed by atoms with Crippen LogP contribution in [0.5, 0.6) is 5.75 Å². The van der Waals surface area contributed by atoms with E-state index in [0.29, 0.717) is 6.42 Å². The van der Waals surface area contributed by atoms with E-state index in [2.05, 4.69) is 10.6 Å². The summed E-state index contributed by atoms with van der Waals surface area (Å²) in [5.41, 5.74) is -0.259. The van der Waals surface area contributed by atoms with Gasteiger partial charge in [0.05, 0.1) is 11.7 Å². The third kappa shape index (κ3) is 8.95. The quantitative estimate of drug-likeness (QED) is 0.413. The van der Waals surface area contributed by atoms with Gasteiger partial charge in [-0.25, -0.2) is 0 Å². The smallest absolute Gasteiger partial charge is 0.261 e. The largest absolute Gasteiger partial charge is 0.480 e. The van der Waals surface area contributed by atoms with Crippen molar-refractivity contribution in [1.29, 1.82) is 0 Å². The highest BCUT2D eigenvalue weighted by atomic mass is 16.5. The molecule has 0 unspecified atom stereocenters. The second-order valence-electron chi connectivity index (χ2n) is 12.1. The van der Waals surface area contributed by atoms with Crippen molar-refractivity contribution in [3.63, 3.8) is 0 Å². The minimum absolute atomic E-state index is 0.0196. The molecule has 0 aliphatic carbocycles. The van der Waals surface area contributed by atoms with E-state index in [-0.39, 0.29) is 48.1 Å². The fourth-order valence-corrected chi connectivity index (χ4v) is 4.38. The molecule has 39 heavy (non-hydrogen) atoms. The lowest BCUT2D eigenvalue weighted by Crippen LogP contribution is -2.54. The van der Waals surface area contributed by atoms with E-state index in [1.807, 2.05) is 48.5 Å². The maximum Gasteiger partial charge on any atom is 0.261 e. The van der Waals surface area contributed by atoms with E-state index in [9.17, 15) is 24.3 Å². The Morgan fingerprint density at radius 3 is 2.28 bits per heavy atom. The normalized spacial score (nSPS) is 19.0. The Morgan fingerprint density at radius 2 is 1.72 bits per heavy atom. The van der Waals surface area contributed by atoms with Gasteiger partial charge in [0.25, 0.3) is 11.8 Å². The van der Waals surface area contributed by atoms with E-state index in [1.165, 1.54) is 4.90 Å². The van der Waals surface area contributed by atoms with Gasteiger partial charge in [-0.1, -0.05) is 26.0 Å². The zero-order chi connectivity index (χ0) is 29.7. The zero-order valence-corrected chi connectivity index (χ0v) is 24.8. The number of likely N-dealkylation sites (N-methyl/N-ethyl adjacent to an activating group) is 1. The molecule has 1 aromatic rings. The van der Waals surface area contributed by atoms with E-state index in [1.54, 1.807) is 43.1 Å². The topological polar surface area (TPSA) is 128 Å². The number of β-amino-alcohol motifs (C(OH)–C–C–N with tert-alkyl or cyclic N) is 1. The van der Waals surface area contributed by atoms with Crippen molar-refractivity contribution < 1.29 is 29.0 Å². The molecule has 0 saturated carbocycles. The van der Waals surface area contributed by atoms with Gasteiger partial charge in [0.15, 0.2) is 6.10 Å². The third-order valence-electron chi connectivity index (χ3n) is 6.58. The molecule has 0 aromatic heterocycles. The predicted molar refractivity (Wildman–Crippen MR) is 149 cm³/mol. The van der Waals surface area contributed by atoms with Crippen LogP contribution in [0.1, 0.15) is 78.6 Å². The van der Waals surface area contributed by atoms with Gasteiger partial charge in [-0.05, 0) is 66.0 Å². The number of ether oxygens (including phenoxy) is 1. The Labute approximate surface area is 232 Å². The summed E-state index contributed by atoms with van der Waals surface area (Å²) in [6.45, 7) is 14.8. The maximum absolute atomic E-state index is 13.7. The lowest BCUT2D eigenvalue weighted by molar-refractivity contribution is -0.145. The Bertz CT molecular complexity index is 1030. The number of likely N-dealkylation sites (tertiary alicyclic amines) is 1. The number of amides is 4. The van der Waals surface area contributed by atoms with Crippen molar-refractivity contribution in [2.24, 2.45) is 5.92 Å². The van der Waals surface area contributed by atoms with E-state index < -0.39 is 41.6 Å². The van der Waals surface area contributed by atoms with Crippen LogP contribution in [0.15, 0.2) is 24.3 Å². The van der Waals surface area contributed by atoms with Gasteiger partial charge in [0.2, 0.25) is 11.8 Å². The highest BCUT2D eigenvalue weighted by Crippen LogP contribution is 2.24. The number of carbonyl (C=O) groups excluding carboxylic acids is 4. The van der Waals surface area contributed by atoms with Crippen molar-refractivity contribution in [2.45, 2.75) is 104 Å². The Kier molecular flexibility index (Phi) is 10.9. The van der Waals surface area contributed by atoms with Gasteiger partial charge >= 0.3 is 0 Å². The molecule has 0 spiro atoms. The molecular formula is C29H46N4O6. The lowest BCUT2D eigenvalue weighted by Gasteiger charge is -2.32. The molecule has 0 radical (unpaired) electrons. The minimum atomic E-state index is -0.919. The van der Waals surface area contributed by atoms with Gasteiger partial charge in [0.1, 0.15) is 17.8 Å². The van der Waals surface area contributed by atoms with Crippen molar-refractivity contribution in [2.75, 3.05) is 13.6 Å². The van der Waals surface area contributed by atoms with Gasteiger partial charge in [-0.3, -0.25) is 19.2 Å². The van der Waals surface area contributed by atoms with Crippen LogP contribution in [-0.2, 0) is 14.4 Å². The standard InChI is InChI=1S/C29H46N4O6/c1-17(2)14-22(27(37)33-16-20(34)15-23(33)28(38)32(9)18(3)4)30-26(36)21-12-10-11-13-24(21)39-19(5)25(35)31-29(6,7)8/h10-13,17-20,22-23,34H,14-16H2,1-9H3,(H,30,36)(H,31,35)/t19-,20-,22+,23+/m0/s1. The summed E-state index contributed by atoms with van der Waals surface area (Å²) >= 11 is 0. The van der Waals surface area contributed by atoms with Gasteiger partial charge in [-0.15, -0.1) is 0 Å². The number of benzene rings is 1. The zero-order valence-electron chi connectivity index (χ0n) is 24.8. The highest BCUT2D eigenvalue weighted by Gasteiger charge is 2.43. The fourth-order valence-electron chi connectivity index (χ4n) is 4.38. The second-order valence-corrected chi connectivity index (χ2v) is 12.1. The molecule has 10 heteroatoms. The first-order chi connectivity index (χ1) is 18.0. The average molecular weight is 547 g/mol. The molecule has 3 N–H and O–H groups in total. The summed E-state index contributed by atoms with van der Waals surface area (Å²) in [6.07, 6.45) is -1.20. The number of hydrogen-bond acceptors (Lipinski definition) is 6. The van der Waals surface area contributed by atoms with Crippen LogP contribution in [0, 0.1) is 5.92 Å². The minimum Gasteiger partial charge on any atom is -0.480 e. The molecule has 1 aliphatic rings. The monoisotopic (exact) mass is 546 g/mol. The number of nitrogens with one attached hydrogen (secondary N) is 2. The molecule has 10 nitrogen and oxygen atoms in total. The summed E-state index contributed by atoms with van der Waals surface area (Å²) in [5, 5.41) is 16.0. The first-order valence-electron chi connectivity index (χ1n) is 13.7. The molecule has 4 atom stereocenters. The number of aliphatic hydroxyl groups excluding tert-OH is 1. The van der Waals surface area contributed by atoms with Crippen LogP contribution in [-0.4, -0.2) is 88.0 Å². The molecule has 0 bridgehead atoms. The molecule has 1 heterocycles.